The van der Waals surface area contributed by atoms with Gasteiger partial charge in [-0.3, -0.25) is 0 Å². The number of nitrogens with two attached hydrogens (primary N) is 1. The van der Waals surface area contributed by atoms with Crippen LogP contribution in [0.15, 0.2) is 78.9 Å². The van der Waals surface area contributed by atoms with Gasteiger partial charge in [-0.25, -0.2) is 4.79 Å². The fourth-order valence-electron chi connectivity index (χ4n) is 4.30. The van der Waals surface area contributed by atoms with E-state index >= 15 is 0 Å². The van der Waals surface area contributed by atoms with E-state index in [-0.39, 0.29) is 5.97 Å². The topological polar surface area (TPSA) is 52.3 Å². The lowest BCUT2D eigenvalue weighted by Gasteiger charge is -2.11. The Labute approximate surface area is 205 Å². The first-order valence-corrected chi connectivity index (χ1v) is 12.9. The van der Waals surface area contributed by atoms with Gasteiger partial charge in [-0.1, -0.05) is 118 Å². The standard InChI is InChI=1S/C31H39NO2/c32-24-14-7-5-3-1-2-4-6-8-15-25-34-31(33)28-22-20-27(21-23-28)30-19-13-12-18-29(30)26-16-10-9-11-17-26/h9-13,16-23H,1-8,14-15,24-25,32H2. The highest BCUT2D eigenvalue weighted by Gasteiger charge is 2.10. The van der Waals surface area contributed by atoms with E-state index in [0.29, 0.717) is 12.2 Å². The van der Waals surface area contributed by atoms with Gasteiger partial charge in [-0.15, -0.1) is 0 Å². The van der Waals surface area contributed by atoms with E-state index in [9.17, 15) is 4.79 Å². The summed E-state index contributed by atoms with van der Waals surface area (Å²) in [5.41, 5.74) is 10.7. The van der Waals surface area contributed by atoms with Crippen LogP contribution in [0.4, 0.5) is 0 Å². The fourth-order valence-corrected chi connectivity index (χ4v) is 4.30. The number of esters is 1. The van der Waals surface area contributed by atoms with Crippen LogP contribution in [0.25, 0.3) is 22.3 Å². The largest absolute Gasteiger partial charge is 0.462 e. The molecule has 3 aromatic carbocycles. The Morgan fingerprint density at radius 2 is 1.03 bits per heavy atom. The third-order valence-corrected chi connectivity index (χ3v) is 6.28. The molecule has 0 atom stereocenters. The number of unbranched alkanes of at least 4 members (excludes halogenated alkanes) is 9. The van der Waals surface area contributed by atoms with Gasteiger partial charge >= 0.3 is 5.97 Å². The summed E-state index contributed by atoms with van der Waals surface area (Å²) in [6, 6.07) is 26.5. The van der Waals surface area contributed by atoms with Crippen molar-refractivity contribution in [1.82, 2.24) is 0 Å². The molecule has 0 spiro atoms. The molecular formula is C31H39NO2. The van der Waals surface area contributed by atoms with Crippen molar-refractivity contribution in [2.75, 3.05) is 13.2 Å². The van der Waals surface area contributed by atoms with E-state index in [4.69, 9.17) is 10.5 Å². The SMILES string of the molecule is NCCCCCCCCCCCCOC(=O)c1ccc(-c2ccccc2-c2ccccc2)cc1. The first-order valence-electron chi connectivity index (χ1n) is 12.9. The van der Waals surface area contributed by atoms with Gasteiger partial charge < -0.3 is 10.5 Å². The van der Waals surface area contributed by atoms with Crippen molar-refractivity contribution in [3.8, 4) is 22.3 Å². The lowest BCUT2D eigenvalue weighted by Crippen LogP contribution is -2.06. The Morgan fingerprint density at radius 1 is 0.559 bits per heavy atom. The molecule has 2 N–H and O–H groups in total. The van der Waals surface area contributed by atoms with Crippen LogP contribution < -0.4 is 5.73 Å². The van der Waals surface area contributed by atoms with Crippen LogP contribution in [-0.4, -0.2) is 19.1 Å². The van der Waals surface area contributed by atoms with Crippen molar-refractivity contribution in [3.05, 3.63) is 84.4 Å². The Morgan fingerprint density at radius 3 is 1.59 bits per heavy atom. The van der Waals surface area contributed by atoms with Crippen LogP contribution >= 0.6 is 0 Å². The summed E-state index contributed by atoms with van der Waals surface area (Å²) in [5.74, 6) is -0.236. The molecule has 0 aromatic heterocycles. The van der Waals surface area contributed by atoms with Crippen molar-refractivity contribution >= 4 is 5.97 Å². The Bertz CT molecular complexity index is 966. The van der Waals surface area contributed by atoms with Crippen molar-refractivity contribution in [1.29, 1.82) is 0 Å². The second-order valence-corrected chi connectivity index (χ2v) is 8.95. The molecule has 0 aliphatic heterocycles. The number of hydrogen-bond donors (Lipinski definition) is 1. The summed E-state index contributed by atoms with van der Waals surface area (Å²) in [5, 5.41) is 0. The minimum Gasteiger partial charge on any atom is -0.462 e. The minimum absolute atomic E-state index is 0.236. The van der Waals surface area contributed by atoms with Gasteiger partial charge in [0.1, 0.15) is 0 Å². The second kappa shape index (κ2) is 15.1. The Balaban J connectivity index is 1.38. The number of ether oxygens (including phenoxy) is 1. The number of carbonyl (C=O) groups is 1. The first kappa shape index (κ1) is 25.7. The lowest BCUT2D eigenvalue weighted by atomic mass is 9.94. The van der Waals surface area contributed by atoms with Gasteiger partial charge in [0.2, 0.25) is 0 Å². The van der Waals surface area contributed by atoms with Crippen LogP contribution in [0.5, 0.6) is 0 Å². The van der Waals surface area contributed by atoms with E-state index in [1.807, 2.05) is 36.4 Å². The van der Waals surface area contributed by atoms with Gasteiger partial charge in [0.25, 0.3) is 0 Å². The molecule has 0 fully saturated rings. The molecule has 0 saturated heterocycles. The zero-order chi connectivity index (χ0) is 23.8. The molecule has 3 aromatic rings. The van der Waals surface area contributed by atoms with E-state index in [2.05, 4.69) is 42.5 Å². The van der Waals surface area contributed by atoms with Crippen LogP contribution in [0, 0.1) is 0 Å². The summed E-state index contributed by atoms with van der Waals surface area (Å²) in [4.78, 5) is 12.4. The molecular weight excluding hydrogens is 418 g/mol. The summed E-state index contributed by atoms with van der Waals surface area (Å²) in [6.07, 6.45) is 12.2. The molecule has 0 unspecified atom stereocenters. The van der Waals surface area contributed by atoms with E-state index in [1.54, 1.807) is 0 Å². The van der Waals surface area contributed by atoms with Crippen LogP contribution in [0.1, 0.15) is 74.6 Å². The summed E-state index contributed by atoms with van der Waals surface area (Å²) >= 11 is 0. The molecule has 180 valence electrons. The summed E-state index contributed by atoms with van der Waals surface area (Å²) in [6.45, 7) is 1.32. The lowest BCUT2D eigenvalue weighted by molar-refractivity contribution is 0.0497. The Kier molecular flexibility index (Phi) is 11.4. The number of hydrogen-bond acceptors (Lipinski definition) is 3. The summed E-state index contributed by atoms with van der Waals surface area (Å²) < 4.78 is 5.50. The monoisotopic (exact) mass is 457 g/mol. The predicted molar refractivity (Wildman–Crippen MR) is 143 cm³/mol. The smallest absolute Gasteiger partial charge is 0.338 e. The molecule has 3 heteroatoms. The van der Waals surface area contributed by atoms with Gasteiger partial charge in [-0.2, -0.15) is 0 Å². The molecule has 0 saturated carbocycles. The molecule has 0 amide bonds. The number of benzene rings is 3. The van der Waals surface area contributed by atoms with E-state index in [0.717, 1.165) is 36.9 Å². The molecule has 0 aliphatic rings. The highest BCUT2D eigenvalue weighted by Crippen LogP contribution is 2.32. The highest BCUT2D eigenvalue weighted by atomic mass is 16.5. The van der Waals surface area contributed by atoms with Crippen LogP contribution in [0.2, 0.25) is 0 Å². The van der Waals surface area contributed by atoms with Crippen molar-refractivity contribution in [2.24, 2.45) is 5.73 Å². The van der Waals surface area contributed by atoms with E-state index < -0.39 is 0 Å². The van der Waals surface area contributed by atoms with Crippen molar-refractivity contribution in [2.45, 2.75) is 64.2 Å². The first-order chi connectivity index (χ1) is 16.8. The second-order valence-electron chi connectivity index (χ2n) is 8.95. The third kappa shape index (κ3) is 8.46. The van der Waals surface area contributed by atoms with Gasteiger partial charge in [0.05, 0.1) is 12.2 Å². The van der Waals surface area contributed by atoms with Gasteiger partial charge in [-0.05, 0) is 53.8 Å². The average molecular weight is 458 g/mol. The zero-order valence-corrected chi connectivity index (χ0v) is 20.4. The van der Waals surface area contributed by atoms with Gasteiger partial charge in [0, 0.05) is 0 Å². The minimum atomic E-state index is -0.236. The van der Waals surface area contributed by atoms with Crippen LogP contribution in [-0.2, 0) is 4.74 Å². The normalized spacial score (nSPS) is 10.9. The maximum Gasteiger partial charge on any atom is 0.338 e. The fraction of sp³-hybridized carbons (Fsp3) is 0.387. The molecule has 0 aliphatic carbocycles. The zero-order valence-electron chi connectivity index (χ0n) is 20.4. The molecule has 0 radical (unpaired) electrons. The van der Waals surface area contributed by atoms with Crippen molar-refractivity contribution in [3.63, 3.8) is 0 Å². The molecule has 0 heterocycles. The molecule has 34 heavy (non-hydrogen) atoms. The molecule has 3 nitrogen and oxygen atoms in total. The quantitative estimate of drug-likeness (QED) is 0.186. The summed E-state index contributed by atoms with van der Waals surface area (Å²) in [7, 11) is 0. The maximum atomic E-state index is 12.4. The highest BCUT2D eigenvalue weighted by molar-refractivity contribution is 5.91. The van der Waals surface area contributed by atoms with Crippen LogP contribution in [0.3, 0.4) is 0 Å². The third-order valence-electron chi connectivity index (χ3n) is 6.28. The molecule has 3 rings (SSSR count). The maximum absolute atomic E-state index is 12.4. The van der Waals surface area contributed by atoms with Gasteiger partial charge in [0.15, 0.2) is 0 Å². The number of rotatable bonds is 15. The number of carbonyl (C=O) groups excluding carboxylic acids is 1. The predicted octanol–water partition coefficient (Wildman–Crippen LogP) is 8.04. The molecule has 0 bridgehead atoms. The average Bonchev–Trinajstić information content (AvgIpc) is 2.90. The van der Waals surface area contributed by atoms with Crippen molar-refractivity contribution < 1.29 is 9.53 Å². The Hall–Kier alpha value is -2.91. The van der Waals surface area contributed by atoms with E-state index in [1.165, 1.54) is 56.1 Å².